The van der Waals surface area contributed by atoms with Gasteiger partial charge in [0, 0.05) is 16.6 Å². The Bertz CT molecular complexity index is 1260. The first-order valence-electron chi connectivity index (χ1n) is 10.4. The summed E-state index contributed by atoms with van der Waals surface area (Å²) in [6.07, 6.45) is 0. The number of benzene rings is 1. The second kappa shape index (κ2) is 9.46. The number of aromatic nitrogens is 2. The number of carbonyl (C=O) groups excluding carboxylic acids is 2. The second-order valence-corrected chi connectivity index (χ2v) is 10.7. The van der Waals surface area contributed by atoms with Crippen molar-refractivity contribution in [3.63, 3.8) is 0 Å². The highest BCUT2D eigenvalue weighted by atomic mass is 32.2. The predicted octanol–water partition coefficient (Wildman–Crippen LogP) is 5.10. The van der Waals surface area contributed by atoms with Gasteiger partial charge in [0.15, 0.2) is 5.16 Å². The third-order valence-corrected chi connectivity index (χ3v) is 7.40. The molecule has 9 heteroatoms. The minimum atomic E-state index is -0.628. The Morgan fingerprint density at radius 3 is 2.44 bits per heavy atom. The molecule has 0 aliphatic carbocycles. The molecule has 170 valence electrons. The van der Waals surface area contributed by atoms with Gasteiger partial charge in [-0.15, -0.1) is 11.3 Å². The zero-order chi connectivity index (χ0) is 23.7. The van der Waals surface area contributed by atoms with Gasteiger partial charge in [-0.1, -0.05) is 29.5 Å². The van der Waals surface area contributed by atoms with Gasteiger partial charge in [0.2, 0.25) is 5.91 Å². The molecule has 0 fully saturated rings. The Hall–Kier alpha value is -2.65. The summed E-state index contributed by atoms with van der Waals surface area (Å²) in [4.78, 5) is 44.6. The van der Waals surface area contributed by atoms with Crippen molar-refractivity contribution in [2.24, 2.45) is 0 Å². The van der Waals surface area contributed by atoms with E-state index in [0.717, 1.165) is 21.6 Å². The van der Waals surface area contributed by atoms with E-state index in [1.807, 2.05) is 53.7 Å². The van der Waals surface area contributed by atoms with Gasteiger partial charge < -0.3 is 5.32 Å². The van der Waals surface area contributed by atoms with E-state index < -0.39 is 17.2 Å². The summed E-state index contributed by atoms with van der Waals surface area (Å²) in [6.45, 7) is 13.3. The molecule has 0 aliphatic rings. The van der Waals surface area contributed by atoms with Gasteiger partial charge in [-0.2, -0.15) is 0 Å². The Kier molecular flexibility index (Phi) is 7.09. The summed E-state index contributed by atoms with van der Waals surface area (Å²) >= 11 is 2.65. The summed E-state index contributed by atoms with van der Waals surface area (Å²) in [5, 5.41) is 5.57. The molecule has 0 spiro atoms. The number of nitrogens with zero attached hydrogens (tertiary/aromatic N) is 2. The number of anilines is 1. The molecule has 7 nitrogen and oxygen atoms in total. The lowest BCUT2D eigenvalue weighted by molar-refractivity contribution is -0.119. The number of imide groups is 1. The van der Waals surface area contributed by atoms with E-state index in [-0.39, 0.29) is 11.6 Å². The quantitative estimate of drug-likeness (QED) is 0.398. The van der Waals surface area contributed by atoms with E-state index in [1.165, 1.54) is 23.1 Å². The summed E-state index contributed by atoms with van der Waals surface area (Å²) in [5.41, 5.74) is 3.49. The topological polar surface area (TPSA) is 93.1 Å². The first-order valence-corrected chi connectivity index (χ1v) is 12.1. The van der Waals surface area contributed by atoms with E-state index >= 15 is 0 Å². The Balaban J connectivity index is 1.79. The van der Waals surface area contributed by atoms with E-state index in [1.54, 1.807) is 17.6 Å². The maximum absolute atomic E-state index is 13.2. The van der Waals surface area contributed by atoms with Gasteiger partial charge in [0.1, 0.15) is 4.83 Å². The molecular formula is C23H28N4O3S2. The second-order valence-electron chi connectivity index (χ2n) is 8.15. The van der Waals surface area contributed by atoms with Crippen LogP contribution >= 0.6 is 23.1 Å². The molecule has 2 aromatic heterocycles. The maximum atomic E-state index is 13.2. The molecule has 0 bridgehead atoms. The molecule has 0 saturated carbocycles. The zero-order valence-corrected chi connectivity index (χ0v) is 21.0. The van der Waals surface area contributed by atoms with E-state index in [9.17, 15) is 14.4 Å². The van der Waals surface area contributed by atoms with Crippen molar-refractivity contribution in [3.05, 3.63) is 50.1 Å². The minimum absolute atomic E-state index is 0.102. The van der Waals surface area contributed by atoms with Crippen molar-refractivity contribution >= 4 is 50.9 Å². The number of nitrogens with one attached hydrogen (secondary N) is 2. The Morgan fingerprint density at radius 1 is 1.12 bits per heavy atom. The smallest absolute Gasteiger partial charge is 0.307 e. The van der Waals surface area contributed by atoms with Crippen LogP contribution in [-0.4, -0.2) is 26.7 Å². The van der Waals surface area contributed by atoms with Crippen LogP contribution in [0.1, 0.15) is 48.4 Å². The highest BCUT2D eigenvalue weighted by Crippen LogP contribution is 2.30. The summed E-state index contributed by atoms with van der Waals surface area (Å²) in [6, 6.07) is 4.94. The molecule has 2 heterocycles. The van der Waals surface area contributed by atoms with Crippen molar-refractivity contribution < 1.29 is 9.59 Å². The van der Waals surface area contributed by atoms with E-state index in [4.69, 9.17) is 4.98 Å². The average molecular weight is 473 g/mol. The lowest BCUT2D eigenvalue weighted by atomic mass is 10.1. The lowest BCUT2D eigenvalue weighted by Gasteiger charge is -2.18. The van der Waals surface area contributed by atoms with Crippen LogP contribution in [0.25, 0.3) is 10.2 Å². The highest BCUT2D eigenvalue weighted by Gasteiger charge is 2.23. The fourth-order valence-corrected chi connectivity index (χ4v) is 5.47. The number of carbonyl (C=O) groups is 2. The van der Waals surface area contributed by atoms with Crippen LogP contribution in [0, 0.1) is 27.7 Å². The number of thioether (sulfide) groups is 1. The number of thiophene rings is 1. The van der Waals surface area contributed by atoms with Gasteiger partial charge in [0.05, 0.1) is 10.6 Å². The summed E-state index contributed by atoms with van der Waals surface area (Å²) in [5.74, 6) is -0.458. The minimum Gasteiger partial charge on any atom is -0.307 e. The van der Waals surface area contributed by atoms with Gasteiger partial charge in [-0.25, -0.2) is 9.78 Å². The predicted molar refractivity (Wildman–Crippen MR) is 132 cm³/mol. The number of fused-ring (bicyclic) bond motifs is 1. The Labute approximate surface area is 195 Å². The normalized spacial score (nSPS) is 12.2. The average Bonchev–Trinajstić information content (AvgIpc) is 2.97. The number of hydrogen-bond acceptors (Lipinski definition) is 6. The van der Waals surface area contributed by atoms with Crippen molar-refractivity contribution in [1.29, 1.82) is 0 Å². The number of urea groups is 1. The number of rotatable bonds is 5. The molecule has 3 rings (SSSR count). The molecular weight excluding hydrogens is 444 g/mol. The van der Waals surface area contributed by atoms with Crippen LogP contribution in [0.2, 0.25) is 0 Å². The first-order chi connectivity index (χ1) is 15.0. The van der Waals surface area contributed by atoms with Gasteiger partial charge >= 0.3 is 6.03 Å². The van der Waals surface area contributed by atoms with Gasteiger partial charge in [0.25, 0.3) is 5.56 Å². The van der Waals surface area contributed by atoms with Crippen molar-refractivity contribution in [2.45, 2.75) is 64.9 Å². The molecule has 0 aliphatic heterocycles. The summed E-state index contributed by atoms with van der Waals surface area (Å²) < 4.78 is 1.62. The first kappa shape index (κ1) is 24.0. The van der Waals surface area contributed by atoms with Gasteiger partial charge in [-0.05, 0) is 65.7 Å². The standard InChI is InChI=1S/C23H28N4O3S2/c1-11(2)27-21(29)18-14(5)15(6)31-20(18)26-23(27)32-16(7)19(28)25-22(30)24-17-9-8-12(3)10-13(17)4/h8-11,16H,1-7H3,(H2,24,25,28,30). The molecule has 0 radical (unpaired) electrons. The Morgan fingerprint density at radius 2 is 1.81 bits per heavy atom. The molecule has 32 heavy (non-hydrogen) atoms. The molecule has 1 aromatic carbocycles. The van der Waals surface area contributed by atoms with Crippen LogP contribution in [-0.2, 0) is 4.79 Å². The largest absolute Gasteiger partial charge is 0.325 e. The third-order valence-electron chi connectivity index (χ3n) is 5.24. The highest BCUT2D eigenvalue weighted by molar-refractivity contribution is 8.00. The molecule has 2 N–H and O–H groups in total. The summed E-state index contributed by atoms with van der Waals surface area (Å²) in [7, 11) is 0. The number of amides is 3. The molecule has 1 unspecified atom stereocenters. The van der Waals surface area contributed by atoms with Crippen molar-refractivity contribution in [2.75, 3.05) is 5.32 Å². The van der Waals surface area contributed by atoms with Crippen LogP contribution in [0.15, 0.2) is 28.2 Å². The van der Waals surface area contributed by atoms with Crippen LogP contribution in [0.3, 0.4) is 0 Å². The van der Waals surface area contributed by atoms with Crippen LogP contribution < -0.4 is 16.2 Å². The maximum Gasteiger partial charge on any atom is 0.325 e. The molecule has 3 amide bonds. The van der Waals surface area contributed by atoms with Gasteiger partial charge in [-0.3, -0.25) is 19.5 Å². The lowest BCUT2D eigenvalue weighted by Crippen LogP contribution is -2.39. The van der Waals surface area contributed by atoms with E-state index in [2.05, 4.69) is 10.6 Å². The van der Waals surface area contributed by atoms with E-state index in [0.29, 0.717) is 21.1 Å². The third kappa shape index (κ3) is 4.88. The molecule has 1 atom stereocenters. The SMILES string of the molecule is Cc1ccc(NC(=O)NC(=O)C(C)Sc2nc3sc(C)c(C)c3c(=O)n2C(C)C)c(C)c1. The van der Waals surface area contributed by atoms with Crippen molar-refractivity contribution in [1.82, 2.24) is 14.9 Å². The fraction of sp³-hybridized carbons (Fsp3) is 0.391. The molecule has 0 saturated heterocycles. The fourth-order valence-electron chi connectivity index (χ4n) is 3.36. The number of hydrogen-bond donors (Lipinski definition) is 2. The molecule has 3 aromatic rings. The van der Waals surface area contributed by atoms with Crippen LogP contribution in [0.4, 0.5) is 10.5 Å². The van der Waals surface area contributed by atoms with Crippen LogP contribution in [0.5, 0.6) is 0 Å². The van der Waals surface area contributed by atoms with Crippen molar-refractivity contribution in [3.8, 4) is 0 Å². The monoisotopic (exact) mass is 472 g/mol. The zero-order valence-electron chi connectivity index (χ0n) is 19.3. The number of aryl methyl sites for hydroxylation is 4.